The maximum Gasteiger partial charge on any atom is 0.0441 e. The molecule has 0 atom stereocenters. The molecule has 0 aromatic heterocycles. The second-order valence-electron chi connectivity index (χ2n) is 2.50. The Morgan fingerprint density at radius 3 is 2.75 bits per heavy atom. The van der Waals surface area contributed by atoms with Crippen LogP contribution in [0, 0.1) is 6.92 Å². The molecule has 0 N–H and O–H groups in total. The van der Waals surface area contributed by atoms with Crippen LogP contribution in [-0.4, -0.2) is 5.37 Å². The van der Waals surface area contributed by atoms with Crippen molar-refractivity contribution in [2.75, 3.05) is 0 Å². The summed E-state index contributed by atoms with van der Waals surface area (Å²) in [6.07, 6.45) is 3.74. The normalized spacial score (nSPS) is 10.5. The van der Waals surface area contributed by atoms with Gasteiger partial charge in [-0.3, -0.25) is 0 Å². The fourth-order valence-electron chi connectivity index (χ4n) is 0.863. The molecular weight excluding hydrogens is 188 g/mol. The molecule has 0 aliphatic carbocycles. The molecule has 0 bridgehead atoms. The Morgan fingerprint density at radius 1 is 1.42 bits per heavy atom. The maximum absolute atomic E-state index is 5.92. The van der Waals surface area contributed by atoms with Crippen LogP contribution in [0.3, 0.4) is 0 Å². The summed E-state index contributed by atoms with van der Waals surface area (Å²) in [6, 6.07) is 5.92. The van der Waals surface area contributed by atoms with E-state index < -0.39 is 0 Å². The van der Waals surface area contributed by atoms with Gasteiger partial charge in [0, 0.05) is 10.4 Å². The first kappa shape index (κ1) is 9.43. The van der Waals surface area contributed by atoms with Gasteiger partial charge in [0.25, 0.3) is 0 Å². The molecule has 12 heavy (non-hydrogen) atoms. The molecule has 0 nitrogen and oxygen atoms in total. The van der Waals surface area contributed by atoms with Gasteiger partial charge in [0.05, 0.1) is 0 Å². The molecule has 0 spiro atoms. The minimum atomic E-state index is 0.793. The predicted octanol–water partition coefficient (Wildman–Crippen LogP) is 3.66. The molecule has 0 fully saturated rings. The number of allylic oxidation sites excluding steroid dienone is 1. The lowest BCUT2D eigenvalue weighted by atomic mass is 10.1. The van der Waals surface area contributed by atoms with Crippen LogP contribution < -0.4 is 0 Å². The minimum Gasteiger partial charge on any atom is -0.0887 e. The van der Waals surface area contributed by atoms with Crippen molar-refractivity contribution in [3.63, 3.8) is 0 Å². The summed E-state index contributed by atoms with van der Waals surface area (Å²) in [6.45, 7) is 1.98. The van der Waals surface area contributed by atoms with Crippen molar-refractivity contribution in [2.45, 2.75) is 6.92 Å². The van der Waals surface area contributed by atoms with Crippen LogP contribution in [-0.2, 0) is 0 Å². The summed E-state index contributed by atoms with van der Waals surface area (Å²) in [5, 5.41) is 2.37. The summed E-state index contributed by atoms with van der Waals surface area (Å²) < 4.78 is 0. The van der Waals surface area contributed by atoms with Crippen LogP contribution in [0.2, 0.25) is 5.02 Å². The van der Waals surface area contributed by atoms with E-state index >= 15 is 0 Å². The summed E-state index contributed by atoms with van der Waals surface area (Å²) in [5.41, 5.74) is 2.17. The van der Waals surface area contributed by atoms with E-state index in [1.165, 1.54) is 0 Å². The first-order valence-corrected chi connectivity index (χ1v) is 4.47. The van der Waals surface area contributed by atoms with Crippen molar-refractivity contribution >= 4 is 35.3 Å². The van der Waals surface area contributed by atoms with Crippen molar-refractivity contribution in [3.8, 4) is 0 Å². The zero-order chi connectivity index (χ0) is 8.97. The minimum absolute atomic E-state index is 0.793. The van der Waals surface area contributed by atoms with Crippen molar-refractivity contribution in [3.05, 3.63) is 40.4 Å². The number of hydrogen-bond donors (Lipinski definition) is 0. The fourth-order valence-corrected chi connectivity index (χ4v) is 1.13. The molecule has 1 rings (SSSR count). The van der Waals surface area contributed by atoms with E-state index in [0.717, 1.165) is 16.1 Å². The lowest BCUT2D eigenvalue weighted by Crippen LogP contribution is -1.76. The zero-order valence-electron chi connectivity index (χ0n) is 6.75. The number of benzene rings is 1. The first-order valence-electron chi connectivity index (χ1n) is 3.62. The van der Waals surface area contributed by atoms with Gasteiger partial charge in [0.1, 0.15) is 0 Å². The molecule has 0 aliphatic rings. The number of rotatable bonds is 2. The summed E-state index contributed by atoms with van der Waals surface area (Å²) >= 11 is 10.6. The highest BCUT2D eigenvalue weighted by atomic mass is 35.5. The van der Waals surface area contributed by atoms with Crippen LogP contribution >= 0.6 is 23.8 Å². The number of halogens is 1. The lowest BCUT2D eigenvalue weighted by Gasteiger charge is -1.97. The average Bonchev–Trinajstić information content (AvgIpc) is 2.07. The van der Waals surface area contributed by atoms with Gasteiger partial charge in [0.2, 0.25) is 0 Å². The summed E-state index contributed by atoms with van der Waals surface area (Å²) in [5.74, 6) is 0. The van der Waals surface area contributed by atoms with Crippen LogP contribution in [0.4, 0.5) is 0 Å². The Bertz CT molecular complexity index is 316. The van der Waals surface area contributed by atoms with E-state index in [2.05, 4.69) is 12.2 Å². The van der Waals surface area contributed by atoms with Gasteiger partial charge in [-0.15, -0.1) is 0 Å². The molecule has 0 saturated carbocycles. The summed E-state index contributed by atoms with van der Waals surface area (Å²) in [7, 11) is 0. The van der Waals surface area contributed by atoms with Crippen LogP contribution in [0.15, 0.2) is 24.3 Å². The van der Waals surface area contributed by atoms with Crippen LogP contribution in [0.25, 0.3) is 6.08 Å². The van der Waals surface area contributed by atoms with Crippen LogP contribution in [0.5, 0.6) is 0 Å². The quantitative estimate of drug-likeness (QED) is 0.514. The van der Waals surface area contributed by atoms with Crippen molar-refractivity contribution < 1.29 is 0 Å². The smallest absolute Gasteiger partial charge is 0.0441 e. The Hall–Kier alpha value is -0.660. The van der Waals surface area contributed by atoms with Gasteiger partial charge in [-0.2, -0.15) is 0 Å². The Kier molecular flexibility index (Phi) is 3.45. The third kappa shape index (κ3) is 2.43. The Labute approximate surface area is 82.9 Å². The second-order valence-corrected chi connectivity index (χ2v) is 3.18. The van der Waals surface area contributed by atoms with E-state index in [0.29, 0.717) is 0 Å². The van der Waals surface area contributed by atoms with Gasteiger partial charge >= 0.3 is 0 Å². The van der Waals surface area contributed by atoms with E-state index in [4.69, 9.17) is 11.6 Å². The van der Waals surface area contributed by atoms with Gasteiger partial charge in [-0.1, -0.05) is 48.1 Å². The average molecular weight is 197 g/mol. The van der Waals surface area contributed by atoms with E-state index in [-0.39, 0.29) is 0 Å². The fraction of sp³-hybridized carbons (Fsp3) is 0.100. The maximum atomic E-state index is 5.92. The van der Waals surface area contributed by atoms with Crippen molar-refractivity contribution in [1.82, 2.24) is 0 Å². The molecule has 62 valence electrons. The molecule has 0 radical (unpaired) electrons. The lowest BCUT2D eigenvalue weighted by molar-refractivity contribution is 1.46. The first-order chi connectivity index (χ1) is 5.74. The van der Waals surface area contributed by atoms with E-state index in [1.54, 1.807) is 5.37 Å². The SMILES string of the molecule is Cc1ccc(/C=C/C=S)cc1Cl. The number of thiocarbonyl (C=S) groups is 1. The van der Waals surface area contributed by atoms with Crippen molar-refractivity contribution in [1.29, 1.82) is 0 Å². The third-order valence-corrected chi connectivity index (χ3v) is 2.13. The van der Waals surface area contributed by atoms with Gasteiger partial charge in [-0.25, -0.2) is 0 Å². The molecule has 0 unspecified atom stereocenters. The topological polar surface area (TPSA) is 0 Å². The predicted molar refractivity (Wildman–Crippen MR) is 58.9 cm³/mol. The molecule has 0 saturated heterocycles. The third-order valence-electron chi connectivity index (χ3n) is 1.56. The molecule has 0 heterocycles. The highest BCUT2D eigenvalue weighted by Crippen LogP contribution is 2.17. The molecule has 1 aromatic rings. The van der Waals surface area contributed by atoms with Gasteiger partial charge in [0.15, 0.2) is 0 Å². The highest BCUT2D eigenvalue weighted by molar-refractivity contribution is 7.79. The molecular formula is C10H9ClS. The van der Waals surface area contributed by atoms with E-state index in [1.807, 2.05) is 37.3 Å². The van der Waals surface area contributed by atoms with Gasteiger partial charge < -0.3 is 0 Å². The standard InChI is InChI=1S/C10H9ClS/c1-8-4-5-9(3-2-6-12)7-10(8)11/h2-7H,1H3/b3-2+. The Morgan fingerprint density at radius 2 is 2.17 bits per heavy atom. The van der Waals surface area contributed by atoms with E-state index in [9.17, 15) is 0 Å². The monoisotopic (exact) mass is 196 g/mol. The zero-order valence-corrected chi connectivity index (χ0v) is 8.32. The number of hydrogen-bond acceptors (Lipinski definition) is 1. The summed E-state index contributed by atoms with van der Waals surface area (Å²) in [4.78, 5) is 0. The van der Waals surface area contributed by atoms with Crippen molar-refractivity contribution in [2.24, 2.45) is 0 Å². The second kappa shape index (κ2) is 4.39. The molecule has 0 amide bonds. The number of aryl methyl sites for hydroxylation is 1. The Balaban J connectivity index is 2.96. The highest BCUT2D eigenvalue weighted by Gasteiger charge is 1.93. The van der Waals surface area contributed by atoms with Gasteiger partial charge in [-0.05, 0) is 24.1 Å². The molecule has 0 aliphatic heterocycles. The van der Waals surface area contributed by atoms with Crippen LogP contribution in [0.1, 0.15) is 11.1 Å². The molecule has 2 heteroatoms. The largest absolute Gasteiger partial charge is 0.0887 e. The molecule has 1 aromatic carbocycles.